The second-order valence-corrected chi connectivity index (χ2v) is 8.50. The van der Waals surface area contributed by atoms with Gasteiger partial charge in [0.15, 0.2) is 0 Å². The van der Waals surface area contributed by atoms with E-state index in [1.807, 2.05) is 48.7 Å². The minimum atomic E-state index is 0.0339. The van der Waals surface area contributed by atoms with Crippen molar-refractivity contribution in [1.29, 1.82) is 0 Å². The molecule has 6 heteroatoms. The third-order valence-corrected chi connectivity index (χ3v) is 6.53. The SMILES string of the molecule is O=C(CSC(c1ccccc1)c1ccccc1)NCc1ccnc(N2CCOCC2)c1. The van der Waals surface area contributed by atoms with E-state index in [1.165, 1.54) is 11.1 Å². The lowest BCUT2D eigenvalue weighted by Crippen LogP contribution is -2.36. The van der Waals surface area contributed by atoms with Crippen LogP contribution in [0.1, 0.15) is 21.9 Å². The highest BCUT2D eigenvalue weighted by Crippen LogP contribution is 2.35. The first-order chi connectivity index (χ1) is 15.3. The van der Waals surface area contributed by atoms with Crippen molar-refractivity contribution in [2.24, 2.45) is 0 Å². The van der Waals surface area contributed by atoms with E-state index in [1.54, 1.807) is 11.8 Å². The summed E-state index contributed by atoms with van der Waals surface area (Å²) in [6.45, 7) is 3.65. The number of morpholine rings is 1. The van der Waals surface area contributed by atoms with Crippen molar-refractivity contribution < 1.29 is 9.53 Å². The van der Waals surface area contributed by atoms with Crippen LogP contribution in [0.15, 0.2) is 79.0 Å². The molecule has 1 fully saturated rings. The van der Waals surface area contributed by atoms with Crippen LogP contribution in [0.5, 0.6) is 0 Å². The third-order valence-electron chi connectivity index (χ3n) is 5.22. The molecule has 2 aromatic carbocycles. The largest absolute Gasteiger partial charge is 0.378 e. The zero-order valence-electron chi connectivity index (χ0n) is 17.4. The smallest absolute Gasteiger partial charge is 0.230 e. The van der Waals surface area contributed by atoms with Crippen LogP contribution < -0.4 is 10.2 Å². The molecule has 1 aromatic heterocycles. The molecule has 0 saturated carbocycles. The zero-order valence-corrected chi connectivity index (χ0v) is 18.3. The zero-order chi connectivity index (χ0) is 21.3. The molecule has 0 atom stereocenters. The molecule has 0 aliphatic carbocycles. The number of anilines is 1. The van der Waals surface area contributed by atoms with Crippen molar-refractivity contribution >= 4 is 23.5 Å². The molecule has 1 N–H and O–H groups in total. The summed E-state index contributed by atoms with van der Waals surface area (Å²) in [4.78, 5) is 19.3. The summed E-state index contributed by atoms with van der Waals surface area (Å²) >= 11 is 1.65. The van der Waals surface area contributed by atoms with Crippen molar-refractivity contribution in [2.75, 3.05) is 37.0 Å². The van der Waals surface area contributed by atoms with Crippen LogP contribution in [0, 0.1) is 0 Å². The minimum absolute atomic E-state index is 0.0339. The van der Waals surface area contributed by atoms with Gasteiger partial charge in [0.05, 0.1) is 24.2 Å². The number of aromatic nitrogens is 1. The molecular formula is C25H27N3O2S. The molecule has 31 heavy (non-hydrogen) atoms. The minimum Gasteiger partial charge on any atom is -0.378 e. The Bertz CT molecular complexity index is 923. The molecule has 0 spiro atoms. The Morgan fingerprint density at radius 3 is 2.29 bits per heavy atom. The van der Waals surface area contributed by atoms with Crippen LogP contribution in [0.4, 0.5) is 5.82 Å². The number of amides is 1. The molecular weight excluding hydrogens is 406 g/mol. The molecule has 0 bridgehead atoms. The molecule has 4 rings (SSSR count). The fourth-order valence-corrected chi connectivity index (χ4v) is 4.71. The number of hydrogen-bond acceptors (Lipinski definition) is 5. The first-order valence-corrected chi connectivity index (χ1v) is 11.6. The standard InChI is InChI=1S/C25H27N3O2S/c29-24(27-18-20-11-12-26-23(17-20)28-13-15-30-16-14-28)19-31-25(21-7-3-1-4-8-21)22-9-5-2-6-10-22/h1-12,17,25H,13-16,18-19H2,(H,27,29). The summed E-state index contributed by atoms with van der Waals surface area (Å²) in [5, 5.41) is 3.18. The van der Waals surface area contributed by atoms with E-state index in [-0.39, 0.29) is 11.2 Å². The monoisotopic (exact) mass is 433 g/mol. The maximum absolute atomic E-state index is 12.6. The number of benzene rings is 2. The fourth-order valence-electron chi connectivity index (χ4n) is 3.59. The van der Waals surface area contributed by atoms with Crippen LogP contribution in [0.3, 0.4) is 0 Å². The van der Waals surface area contributed by atoms with E-state index in [0.29, 0.717) is 12.3 Å². The Hall–Kier alpha value is -2.83. The van der Waals surface area contributed by atoms with Crippen LogP contribution in [0.25, 0.3) is 0 Å². The molecule has 1 saturated heterocycles. The number of nitrogens with one attached hydrogen (secondary N) is 1. The average molecular weight is 434 g/mol. The highest BCUT2D eigenvalue weighted by Gasteiger charge is 2.16. The number of nitrogens with zero attached hydrogens (tertiary/aromatic N) is 2. The van der Waals surface area contributed by atoms with Gasteiger partial charge >= 0.3 is 0 Å². The Morgan fingerprint density at radius 2 is 1.65 bits per heavy atom. The van der Waals surface area contributed by atoms with Crippen LogP contribution in [-0.4, -0.2) is 42.9 Å². The van der Waals surface area contributed by atoms with Gasteiger partial charge < -0.3 is 15.0 Å². The number of thioether (sulfide) groups is 1. The number of pyridine rings is 1. The van der Waals surface area contributed by atoms with E-state index in [0.717, 1.165) is 37.7 Å². The molecule has 0 unspecified atom stereocenters. The lowest BCUT2D eigenvalue weighted by molar-refractivity contribution is -0.118. The molecule has 0 radical (unpaired) electrons. The maximum atomic E-state index is 12.6. The highest BCUT2D eigenvalue weighted by molar-refractivity contribution is 8.00. The van der Waals surface area contributed by atoms with Gasteiger partial charge in [-0.1, -0.05) is 60.7 Å². The van der Waals surface area contributed by atoms with Gasteiger partial charge in [-0.25, -0.2) is 4.98 Å². The molecule has 1 amide bonds. The normalized spacial score (nSPS) is 13.9. The quantitative estimate of drug-likeness (QED) is 0.581. The predicted molar refractivity (Wildman–Crippen MR) is 126 cm³/mol. The van der Waals surface area contributed by atoms with Gasteiger partial charge in [0.25, 0.3) is 0 Å². The fraction of sp³-hybridized carbons (Fsp3) is 0.280. The summed E-state index contributed by atoms with van der Waals surface area (Å²) in [6.07, 6.45) is 1.81. The summed E-state index contributed by atoms with van der Waals surface area (Å²) in [6, 6.07) is 24.7. The Balaban J connectivity index is 1.34. The van der Waals surface area contributed by atoms with Crippen LogP contribution in [-0.2, 0) is 16.1 Å². The van der Waals surface area contributed by atoms with Crippen molar-refractivity contribution in [3.63, 3.8) is 0 Å². The molecule has 1 aliphatic heterocycles. The van der Waals surface area contributed by atoms with Gasteiger partial charge in [0.1, 0.15) is 5.82 Å². The number of carbonyl (C=O) groups is 1. The van der Waals surface area contributed by atoms with Crippen molar-refractivity contribution in [3.05, 3.63) is 95.7 Å². The first-order valence-electron chi connectivity index (χ1n) is 10.6. The van der Waals surface area contributed by atoms with E-state index in [2.05, 4.69) is 45.5 Å². The van der Waals surface area contributed by atoms with Crippen LogP contribution in [0.2, 0.25) is 0 Å². The van der Waals surface area contributed by atoms with Crippen molar-refractivity contribution in [2.45, 2.75) is 11.8 Å². The lowest BCUT2D eigenvalue weighted by Gasteiger charge is -2.28. The van der Waals surface area contributed by atoms with Crippen molar-refractivity contribution in [3.8, 4) is 0 Å². The third kappa shape index (κ3) is 6.09. The number of rotatable bonds is 8. The highest BCUT2D eigenvalue weighted by atomic mass is 32.2. The van der Waals surface area contributed by atoms with E-state index < -0.39 is 0 Å². The molecule has 1 aliphatic rings. The Morgan fingerprint density at radius 1 is 1.00 bits per heavy atom. The predicted octanol–water partition coefficient (Wildman–Crippen LogP) is 4.06. The van der Waals surface area contributed by atoms with E-state index in [9.17, 15) is 4.79 Å². The van der Waals surface area contributed by atoms with Crippen LogP contribution >= 0.6 is 11.8 Å². The maximum Gasteiger partial charge on any atom is 0.230 e. The summed E-state index contributed by atoms with van der Waals surface area (Å²) in [5.74, 6) is 1.37. The Kier molecular flexibility index (Phi) is 7.58. The average Bonchev–Trinajstić information content (AvgIpc) is 2.85. The van der Waals surface area contributed by atoms with Gasteiger partial charge in [-0.3, -0.25) is 4.79 Å². The first kappa shape index (κ1) is 21.4. The van der Waals surface area contributed by atoms with Gasteiger partial charge in [0.2, 0.25) is 5.91 Å². The number of hydrogen-bond donors (Lipinski definition) is 1. The number of ether oxygens (including phenoxy) is 1. The molecule has 5 nitrogen and oxygen atoms in total. The van der Waals surface area contributed by atoms with E-state index >= 15 is 0 Å². The van der Waals surface area contributed by atoms with Gasteiger partial charge in [0, 0.05) is 25.8 Å². The number of carbonyl (C=O) groups excluding carboxylic acids is 1. The molecule has 3 aromatic rings. The van der Waals surface area contributed by atoms with Gasteiger partial charge in [-0.2, -0.15) is 0 Å². The van der Waals surface area contributed by atoms with Crippen molar-refractivity contribution in [1.82, 2.24) is 10.3 Å². The topological polar surface area (TPSA) is 54.5 Å². The van der Waals surface area contributed by atoms with Gasteiger partial charge in [-0.05, 0) is 28.8 Å². The summed E-state index contributed by atoms with van der Waals surface area (Å²) in [5.41, 5.74) is 3.46. The summed E-state index contributed by atoms with van der Waals surface area (Å²) in [7, 11) is 0. The van der Waals surface area contributed by atoms with E-state index in [4.69, 9.17) is 4.74 Å². The summed E-state index contributed by atoms with van der Waals surface area (Å²) < 4.78 is 5.41. The molecule has 2 heterocycles. The van der Waals surface area contributed by atoms with Gasteiger partial charge in [-0.15, -0.1) is 11.8 Å². The Labute approximate surface area is 187 Å². The second kappa shape index (κ2) is 11.0. The second-order valence-electron chi connectivity index (χ2n) is 7.41. The molecule has 160 valence electrons. The lowest BCUT2D eigenvalue weighted by atomic mass is 10.0.